The van der Waals surface area contributed by atoms with Gasteiger partial charge in [0.15, 0.2) is 0 Å². The summed E-state index contributed by atoms with van der Waals surface area (Å²) in [6, 6.07) is 16.4. The number of carbonyl (C=O) groups excluding carboxylic acids is 1. The second kappa shape index (κ2) is 7.47. The average molecular weight is 349 g/mol. The zero-order chi connectivity index (χ0) is 17.6. The molecule has 0 aliphatic rings. The van der Waals surface area contributed by atoms with E-state index in [1.807, 2.05) is 42.6 Å². The van der Waals surface area contributed by atoms with E-state index in [-0.39, 0.29) is 5.91 Å². The van der Waals surface area contributed by atoms with Crippen molar-refractivity contribution in [3.63, 3.8) is 0 Å². The molecule has 1 aromatic heterocycles. The fourth-order valence-electron chi connectivity index (χ4n) is 2.18. The van der Waals surface area contributed by atoms with Gasteiger partial charge in [-0.15, -0.1) is 0 Å². The first-order chi connectivity index (χ1) is 12.2. The van der Waals surface area contributed by atoms with Gasteiger partial charge in [0.25, 0.3) is 0 Å². The van der Waals surface area contributed by atoms with Crippen molar-refractivity contribution in [1.82, 2.24) is 9.78 Å². The van der Waals surface area contributed by atoms with Crippen LogP contribution >= 0.6 is 11.6 Å². The van der Waals surface area contributed by atoms with Crippen LogP contribution in [0.4, 0.5) is 5.69 Å². The van der Waals surface area contributed by atoms with Crippen molar-refractivity contribution < 1.29 is 4.79 Å². The maximum atomic E-state index is 12.0. The Balaban J connectivity index is 1.66. The van der Waals surface area contributed by atoms with E-state index in [1.54, 1.807) is 35.2 Å². The fourth-order valence-corrected chi connectivity index (χ4v) is 2.41. The number of aromatic nitrogens is 2. The van der Waals surface area contributed by atoms with Crippen LogP contribution in [0.25, 0.3) is 11.8 Å². The highest BCUT2D eigenvalue weighted by Gasteiger charge is 2.03. The van der Waals surface area contributed by atoms with Crippen LogP contribution in [0.1, 0.15) is 11.1 Å². The molecule has 2 aromatic carbocycles. The number of para-hydroxylation sites is 1. The number of anilines is 1. The van der Waals surface area contributed by atoms with Crippen molar-refractivity contribution in [3.8, 4) is 11.8 Å². The third kappa shape index (κ3) is 4.14. The molecule has 1 heterocycles. The molecule has 0 atom stereocenters. The summed E-state index contributed by atoms with van der Waals surface area (Å²) in [5.74, 6) is -0.298. The molecule has 0 spiro atoms. The zero-order valence-electron chi connectivity index (χ0n) is 13.1. The van der Waals surface area contributed by atoms with Crippen molar-refractivity contribution in [2.24, 2.45) is 0 Å². The van der Waals surface area contributed by atoms with Crippen LogP contribution in [-0.4, -0.2) is 15.7 Å². The number of nitriles is 1. The molecule has 0 saturated heterocycles. The molecular weight excluding hydrogens is 336 g/mol. The minimum Gasteiger partial charge on any atom is -0.322 e. The van der Waals surface area contributed by atoms with Gasteiger partial charge >= 0.3 is 0 Å². The number of halogens is 1. The summed E-state index contributed by atoms with van der Waals surface area (Å²) in [6.45, 7) is 0. The Morgan fingerprint density at radius 1 is 1.24 bits per heavy atom. The first kappa shape index (κ1) is 16.5. The SMILES string of the molecule is N#Cc1ccc(NC(=O)/C=C/c2cnn(-c3ccccc3)c2)cc1Cl. The van der Waals surface area contributed by atoms with Crippen molar-refractivity contribution in [2.45, 2.75) is 0 Å². The van der Waals surface area contributed by atoms with E-state index >= 15 is 0 Å². The molecule has 1 amide bonds. The summed E-state index contributed by atoms with van der Waals surface area (Å²) in [6.07, 6.45) is 6.60. The van der Waals surface area contributed by atoms with Gasteiger partial charge in [0, 0.05) is 23.5 Å². The largest absolute Gasteiger partial charge is 0.322 e. The Morgan fingerprint density at radius 3 is 2.76 bits per heavy atom. The molecular formula is C19H13ClN4O. The smallest absolute Gasteiger partial charge is 0.248 e. The fraction of sp³-hybridized carbons (Fsp3) is 0. The Labute approximate surface area is 149 Å². The third-order valence-electron chi connectivity index (χ3n) is 3.41. The second-order valence-corrected chi connectivity index (χ2v) is 5.59. The van der Waals surface area contributed by atoms with Crippen LogP contribution in [0.15, 0.2) is 67.0 Å². The average Bonchev–Trinajstić information content (AvgIpc) is 3.10. The lowest BCUT2D eigenvalue weighted by atomic mass is 10.2. The molecule has 25 heavy (non-hydrogen) atoms. The lowest BCUT2D eigenvalue weighted by Gasteiger charge is -2.03. The third-order valence-corrected chi connectivity index (χ3v) is 3.72. The molecule has 3 aromatic rings. The number of nitrogens with one attached hydrogen (secondary N) is 1. The van der Waals surface area contributed by atoms with E-state index in [0.29, 0.717) is 16.3 Å². The van der Waals surface area contributed by atoms with Gasteiger partial charge in [0.1, 0.15) is 6.07 Å². The minimum absolute atomic E-state index is 0.298. The van der Waals surface area contributed by atoms with Crippen LogP contribution < -0.4 is 5.32 Å². The highest BCUT2D eigenvalue weighted by Crippen LogP contribution is 2.20. The Kier molecular flexibility index (Phi) is 4.93. The zero-order valence-corrected chi connectivity index (χ0v) is 13.8. The van der Waals surface area contributed by atoms with E-state index in [2.05, 4.69) is 10.4 Å². The first-order valence-electron chi connectivity index (χ1n) is 7.44. The number of nitrogens with zero attached hydrogens (tertiary/aromatic N) is 3. The van der Waals surface area contributed by atoms with E-state index in [1.165, 1.54) is 6.08 Å². The molecule has 3 rings (SSSR count). The van der Waals surface area contributed by atoms with E-state index in [9.17, 15) is 4.79 Å². The number of benzene rings is 2. The van der Waals surface area contributed by atoms with Crippen molar-refractivity contribution in [1.29, 1.82) is 5.26 Å². The maximum Gasteiger partial charge on any atom is 0.248 e. The van der Waals surface area contributed by atoms with Crippen molar-refractivity contribution >= 4 is 29.3 Å². The molecule has 0 aliphatic carbocycles. The number of rotatable bonds is 4. The molecule has 0 unspecified atom stereocenters. The Hall–Kier alpha value is -3.36. The summed E-state index contributed by atoms with van der Waals surface area (Å²) in [4.78, 5) is 12.0. The van der Waals surface area contributed by atoms with Crippen LogP contribution in [0.5, 0.6) is 0 Å². The summed E-state index contributed by atoms with van der Waals surface area (Å²) < 4.78 is 1.73. The van der Waals surface area contributed by atoms with Crippen LogP contribution in [0.2, 0.25) is 5.02 Å². The number of hydrogen-bond acceptors (Lipinski definition) is 3. The number of carbonyl (C=O) groups is 1. The lowest BCUT2D eigenvalue weighted by Crippen LogP contribution is -2.07. The van der Waals surface area contributed by atoms with Gasteiger partial charge in [-0.1, -0.05) is 29.8 Å². The van der Waals surface area contributed by atoms with E-state index < -0.39 is 0 Å². The van der Waals surface area contributed by atoms with Crippen molar-refractivity contribution in [2.75, 3.05) is 5.32 Å². The Bertz CT molecular complexity index is 971. The predicted octanol–water partition coefficient (Wildman–Crippen LogP) is 4.05. The monoisotopic (exact) mass is 348 g/mol. The Morgan fingerprint density at radius 2 is 2.04 bits per heavy atom. The molecule has 6 heteroatoms. The molecule has 0 aliphatic heterocycles. The second-order valence-electron chi connectivity index (χ2n) is 5.18. The van der Waals surface area contributed by atoms with Gasteiger partial charge in [-0.3, -0.25) is 4.79 Å². The van der Waals surface area contributed by atoms with Gasteiger partial charge in [0.2, 0.25) is 5.91 Å². The minimum atomic E-state index is -0.298. The van der Waals surface area contributed by atoms with E-state index in [4.69, 9.17) is 16.9 Å². The van der Waals surface area contributed by atoms with Gasteiger partial charge in [-0.05, 0) is 36.4 Å². The molecule has 0 fully saturated rings. The molecule has 0 bridgehead atoms. The summed E-state index contributed by atoms with van der Waals surface area (Å²) in [7, 11) is 0. The maximum absolute atomic E-state index is 12.0. The summed E-state index contributed by atoms with van der Waals surface area (Å²) in [5.41, 5.74) is 2.64. The highest BCUT2D eigenvalue weighted by molar-refractivity contribution is 6.32. The van der Waals surface area contributed by atoms with Crippen LogP contribution in [-0.2, 0) is 4.79 Å². The number of amides is 1. The topological polar surface area (TPSA) is 70.7 Å². The number of hydrogen-bond donors (Lipinski definition) is 1. The summed E-state index contributed by atoms with van der Waals surface area (Å²) >= 11 is 5.94. The van der Waals surface area contributed by atoms with Gasteiger partial charge in [0.05, 0.1) is 22.5 Å². The quantitative estimate of drug-likeness (QED) is 0.723. The highest BCUT2D eigenvalue weighted by atomic mass is 35.5. The van der Waals surface area contributed by atoms with Crippen LogP contribution in [0.3, 0.4) is 0 Å². The summed E-state index contributed by atoms with van der Waals surface area (Å²) in [5, 5.41) is 16.1. The molecule has 0 saturated carbocycles. The lowest BCUT2D eigenvalue weighted by molar-refractivity contribution is -0.111. The van der Waals surface area contributed by atoms with Crippen LogP contribution in [0, 0.1) is 11.3 Å². The molecule has 0 radical (unpaired) electrons. The van der Waals surface area contributed by atoms with Crippen molar-refractivity contribution in [3.05, 3.63) is 83.2 Å². The molecule has 5 nitrogen and oxygen atoms in total. The van der Waals surface area contributed by atoms with Gasteiger partial charge < -0.3 is 5.32 Å². The predicted molar refractivity (Wildman–Crippen MR) is 97.4 cm³/mol. The van der Waals surface area contributed by atoms with Gasteiger partial charge in [-0.25, -0.2) is 4.68 Å². The standard InChI is InChI=1S/C19H13ClN4O/c20-18-10-16(8-7-15(18)11-21)23-19(25)9-6-14-12-22-24(13-14)17-4-2-1-3-5-17/h1-10,12-13H,(H,23,25)/b9-6+. The first-order valence-corrected chi connectivity index (χ1v) is 7.82. The van der Waals surface area contributed by atoms with Gasteiger partial charge in [-0.2, -0.15) is 10.4 Å². The normalized spacial score (nSPS) is 10.6. The molecule has 122 valence electrons. The molecule has 1 N–H and O–H groups in total. The van der Waals surface area contributed by atoms with E-state index in [0.717, 1.165) is 11.3 Å².